The molecule has 96 valence electrons. The van der Waals surface area contributed by atoms with Gasteiger partial charge in [0.25, 0.3) is 0 Å². The van der Waals surface area contributed by atoms with Crippen LogP contribution in [0.15, 0.2) is 24.3 Å². The van der Waals surface area contributed by atoms with Crippen LogP contribution in [0.25, 0.3) is 0 Å². The number of likely N-dealkylation sites (N-methyl/N-ethyl adjacent to an activating group) is 1. The molecule has 0 amide bonds. The highest BCUT2D eigenvalue weighted by Crippen LogP contribution is 2.21. The van der Waals surface area contributed by atoms with Gasteiger partial charge in [0.15, 0.2) is 0 Å². The number of hydrogen-bond donors (Lipinski definition) is 1. The molecule has 0 aliphatic carbocycles. The van der Waals surface area contributed by atoms with E-state index in [2.05, 4.69) is 26.1 Å². The molecule has 1 aromatic carbocycles. The van der Waals surface area contributed by atoms with Gasteiger partial charge in [-0.05, 0) is 51.6 Å². The Labute approximate surface area is 104 Å². The summed E-state index contributed by atoms with van der Waals surface area (Å²) in [6.07, 6.45) is 1.02. The van der Waals surface area contributed by atoms with Crippen LogP contribution in [0, 0.1) is 0 Å². The zero-order valence-electron chi connectivity index (χ0n) is 11.2. The second-order valence-corrected chi connectivity index (χ2v) is 4.71. The topological polar surface area (TPSA) is 30.5 Å². The van der Waals surface area contributed by atoms with Crippen LogP contribution in [0.4, 0.5) is 0 Å². The molecule has 0 aromatic heterocycles. The van der Waals surface area contributed by atoms with Gasteiger partial charge in [-0.1, -0.05) is 6.92 Å². The molecule has 0 heterocycles. The van der Waals surface area contributed by atoms with Crippen LogP contribution in [-0.2, 0) is 0 Å². The van der Waals surface area contributed by atoms with Gasteiger partial charge < -0.3 is 14.8 Å². The predicted octanol–water partition coefficient (Wildman–Crippen LogP) is 2.85. The summed E-state index contributed by atoms with van der Waals surface area (Å²) in [6, 6.07) is 7.78. The van der Waals surface area contributed by atoms with Gasteiger partial charge in [-0.3, -0.25) is 0 Å². The number of benzene rings is 1. The third-order valence-electron chi connectivity index (χ3n) is 2.29. The first-order chi connectivity index (χ1) is 8.07. The van der Waals surface area contributed by atoms with E-state index in [1.807, 2.05) is 31.3 Å². The van der Waals surface area contributed by atoms with Gasteiger partial charge in [0, 0.05) is 6.54 Å². The minimum Gasteiger partial charge on any atom is -0.494 e. The fourth-order valence-electron chi connectivity index (χ4n) is 1.60. The lowest BCUT2D eigenvalue weighted by Gasteiger charge is -2.26. The van der Waals surface area contributed by atoms with Crippen molar-refractivity contribution in [2.45, 2.75) is 32.8 Å². The fraction of sp³-hybridized carbons (Fsp3) is 0.571. The summed E-state index contributed by atoms with van der Waals surface area (Å²) >= 11 is 0. The van der Waals surface area contributed by atoms with Gasteiger partial charge in [0.1, 0.15) is 17.1 Å². The van der Waals surface area contributed by atoms with Crippen molar-refractivity contribution in [3.8, 4) is 11.5 Å². The van der Waals surface area contributed by atoms with Crippen molar-refractivity contribution in [1.82, 2.24) is 5.32 Å². The number of rotatable bonds is 7. The maximum atomic E-state index is 5.88. The van der Waals surface area contributed by atoms with E-state index in [0.29, 0.717) is 0 Å². The third-order valence-corrected chi connectivity index (χ3v) is 2.29. The van der Waals surface area contributed by atoms with E-state index in [1.54, 1.807) is 0 Å². The summed E-state index contributed by atoms with van der Waals surface area (Å²) in [5.74, 6) is 1.76. The van der Waals surface area contributed by atoms with Crippen LogP contribution >= 0.6 is 0 Å². The summed E-state index contributed by atoms with van der Waals surface area (Å²) in [4.78, 5) is 0. The normalized spacial score (nSPS) is 11.3. The van der Waals surface area contributed by atoms with Gasteiger partial charge in [-0.15, -0.1) is 0 Å². The second-order valence-electron chi connectivity index (χ2n) is 4.71. The van der Waals surface area contributed by atoms with E-state index in [4.69, 9.17) is 9.47 Å². The summed E-state index contributed by atoms with van der Waals surface area (Å²) < 4.78 is 11.4. The molecule has 0 atom stereocenters. The predicted molar refractivity (Wildman–Crippen MR) is 70.9 cm³/mol. The molecule has 3 nitrogen and oxygen atoms in total. The molecule has 0 saturated heterocycles. The number of hydrogen-bond acceptors (Lipinski definition) is 3. The molecule has 0 saturated carbocycles. The van der Waals surface area contributed by atoms with E-state index < -0.39 is 0 Å². The molecule has 1 N–H and O–H groups in total. The molecule has 0 unspecified atom stereocenters. The van der Waals surface area contributed by atoms with Crippen molar-refractivity contribution in [2.75, 3.05) is 20.2 Å². The summed E-state index contributed by atoms with van der Waals surface area (Å²) in [5, 5.41) is 3.12. The molecular formula is C14H23NO2. The van der Waals surface area contributed by atoms with Gasteiger partial charge in [0.05, 0.1) is 6.61 Å². The number of ether oxygens (including phenoxy) is 2. The maximum Gasteiger partial charge on any atom is 0.120 e. The van der Waals surface area contributed by atoms with Crippen molar-refractivity contribution >= 4 is 0 Å². The Balaban J connectivity index is 2.55. The lowest BCUT2D eigenvalue weighted by atomic mass is 10.1. The van der Waals surface area contributed by atoms with Crippen LogP contribution in [-0.4, -0.2) is 25.8 Å². The summed E-state index contributed by atoms with van der Waals surface area (Å²) in [7, 11) is 1.92. The summed E-state index contributed by atoms with van der Waals surface area (Å²) in [5.41, 5.74) is -0.208. The second kappa shape index (κ2) is 6.50. The molecule has 0 aliphatic heterocycles. The van der Waals surface area contributed by atoms with Crippen molar-refractivity contribution in [3.63, 3.8) is 0 Å². The molecular weight excluding hydrogens is 214 g/mol. The van der Waals surface area contributed by atoms with Crippen LogP contribution in [0.1, 0.15) is 27.2 Å². The molecule has 0 radical (unpaired) electrons. The van der Waals surface area contributed by atoms with Gasteiger partial charge in [-0.2, -0.15) is 0 Å². The standard InChI is InChI=1S/C14H23NO2/c1-5-10-16-12-6-8-13(9-7-12)17-14(2,3)11-15-4/h6-9,15H,5,10-11H2,1-4H3. The van der Waals surface area contributed by atoms with Crippen molar-refractivity contribution in [2.24, 2.45) is 0 Å². The van der Waals surface area contributed by atoms with Gasteiger partial charge in [-0.25, -0.2) is 0 Å². The molecule has 17 heavy (non-hydrogen) atoms. The molecule has 0 fully saturated rings. The van der Waals surface area contributed by atoms with E-state index in [-0.39, 0.29) is 5.60 Å². The first-order valence-electron chi connectivity index (χ1n) is 6.14. The Hall–Kier alpha value is -1.22. The molecule has 1 rings (SSSR count). The summed E-state index contributed by atoms with van der Waals surface area (Å²) in [6.45, 7) is 7.78. The van der Waals surface area contributed by atoms with Gasteiger partial charge >= 0.3 is 0 Å². The Kier molecular flexibility index (Phi) is 5.29. The Morgan fingerprint density at radius 2 is 1.71 bits per heavy atom. The van der Waals surface area contributed by atoms with Crippen molar-refractivity contribution in [3.05, 3.63) is 24.3 Å². The lowest BCUT2D eigenvalue weighted by molar-refractivity contribution is 0.110. The molecule has 1 aromatic rings. The van der Waals surface area contributed by atoms with Crippen molar-refractivity contribution < 1.29 is 9.47 Å². The maximum absolute atomic E-state index is 5.88. The van der Waals surface area contributed by atoms with Crippen LogP contribution < -0.4 is 14.8 Å². The van der Waals surface area contributed by atoms with Gasteiger partial charge in [0.2, 0.25) is 0 Å². The Morgan fingerprint density at radius 1 is 1.12 bits per heavy atom. The fourth-order valence-corrected chi connectivity index (χ4v) is 1.60. The third kappa shape index (κ3) is 5.09. The minimum atomic E-state index is -0.208. The zero-order chi connectivity index (χ0) is 12.7. The van der Waals surface area contributed by atoms with E-state index in [0.717, 1.165) is 31.1 Å². The first-order valence-corrected chi connectivity index (χ1v) is 6.14. The van der Waals surface area contributed by atoms with Crippen molar-refractivity contribution in [1.29, 1.82) is 0 Å². The van der Waals surface area contributed by atoms with E-state index >= 15 is 0 Å². The molecule has 0 aliphatic rings. The van der Waals surface area contributed by atoms with Crippen LogP contribution in [0.3, 0.4) is 0 Å². The van der Waals surface area contributed by atoms with Crippen LogP contribution in [0.5, 0.6) is 11.5 Å². The monoisotopic (exact) mass is 237 g/mol. The largest absolute Gasteiger partial charge is 0.494 e. The average molecular weight is 237 g/mol. The SMILES string of the molecule is CCCOc1ccc(OC(C)(C)CNC)cc1. The Bertz CT molecular complexity index is 319. The Morgan fingerprint density at radius 3 is 2.24 bits per heavy atom. The zero-order valence-corrected chi connectivity index (χ0v) is 11.2. The van der Waals surface area contributed by atoms with Crippen LogP contribution in [0.2, 0.25) is 0 Å². The molecule has 3 heteroatoms. The van der Waals surface area contributed by atoms with E-state index in [1.165, 1.54) is 0 Å². The quantitative estimate of drug-likeness (QED) is 0.791. The lowest BCUT2D eigenvalue weighted by Crippen LogP contribution is -2.38. The highest BCUT2D eigenvalue weighted by atomic mass is 16.5. The highest BCUT2D eigenvalue weighted by Gasteiger charge is 2.18. The molecule has 0 spiro atoms. The first kappa shape index (κ1) is 13.8. The highest BCUT2D eigenvalue weighted by molar-refractivity contribution is 5.31. The smallest absolute Gasteiger partial charge is 0.120 e. The average Bonchev–Trinajstić information content (AvgIpc) is 2.27. The number of nitrogens with one attached hydrogen (secondary N) is 1. The van der Waals surface area contributed by atoms with E-state index in [9.17, 15) is 0 Å². The minimum absolute atomic E-state index is 0.208. The molecule has 0 bridgehead atoms.